The molecule has 1 saturated carbocycles. The Balaban J connectivity index is 2.15. The SMILES string of the molecule is NC1CCc2ccc(F)cc2C12CCCC2. The average molecular weight is 219 g/mol. The maximum atomic E-state index is 13.4. The van der Waals surface area contributed by atoms with Crippen molar-refractivity contribution in [1.82, 2.24) is 0 Å². The minimum absolute atomic E-state index is 0.0929. The third-order valence-corrected chi connectivity index (χ3v) is 4.54. The molecular formula is C14H18FN. The molecule has 1 aromatic rings. The predicted octanol–water partition coefficient (Wildman–Crippen LogP) is 2.91. The molecule has 1 unspecified atom stereocenters. The highest BCUT2D eigenvalue weighted by molar-refractivity contribution is 5.40. The van der Waals surface area contributed by atoms with Crippen LogP contribution in [0.3, 0.4) is 0 Å². The molecule has 1 nitrogen and oxygen atoms in total. The Bertz CT molecular complexity index is 407. The Kier molecular flexibility index (Phi) is 2.28. The molecule has 0 radical (unpaired) electrons. The monoisotopic (exact) mass is 219 g/mol. The lowest BCUT2D eigenvalue weighted by atomic mass is 9.66. The van der Waals surface area contributed by atoms with Crippen molar-refractivity contribution in [2.45, 2.75) is 50.0 Å². The van der Waals surface area contributed by atoms with E-state index in [-0.39, 0.29) is 17.3 Å². The minimum Gasteiger partial charge on any atom is -0.327 e. The van der Waals surface area contributed by atoms with Crippen LogP contribution in [-0.2, 0) is 11.8 Å². The molecule has 1 aromatic carbocycles. The van der Waals surface area contributed by atoms with Gasteiger partial charge in [0.15, 0.2) is 0 Å². The van der Waals surface area contributed by atoms with E-state index >= 15 is 0 Å². The molecule has 2 N–H and O–H groups in total. The van der Waals surface area contributed by atoms with Crippen molar-refractivity contribution in [2.24, 2.45) is 5.73 Å². The molecule has 0 aromatic heterocycles. The van der Waals surface area contributed by atoms with E-state index in [1.54, 1.807) is 12.1 Å². The molecule has 0 heterocycles. The van der Waals surface area contributed by atoms with Gasteiger partial charge in [-0.25, -0.2) is 4.39 Å². The zero-order valence-electron chi connectivity index (χ0n) is 9.51. The number of fused-ring (bicyclic) bond motifs is 2. The lowest BCUT2D eigenvalue weighted by molar-refractivity contribution is 0.312. The molecule has 1 fully saturated rings. The second-order valence-electron chi connectivity index (χ2n) is 5.31. The Morgan fingerprint density at radius 2 is 2.00 bits per heavy atom. The van der Waals surface area contributed by atoms with E-state index in [1.807, 2.05) is 6.07 Å². The van der Waals surface area contributed by atoms with Crippen LogP contribution in [-0.4, -0.2) is 6.04 Å². The fourth-order valence-electron chi connectivity index (χ4n) is 3.66. The number of hydrogen-bond acceptors (Lipinski definition) is 1. The molecule has 1 spiro atoms. The zero-order chi connectivity index (χ0) is 11.2. The van der Waals surface area contributed by atoms with Gasteiger partial charge in [-0.1, -0.05) is 18.9 Å². The van der Waals surface area contributed by atoms with Gasteiger partial charge in [-0.15, -0.1) is 0 Å². The van der Waals surface area contributed by atoms with Crippen molar-refractivity contribution in [2.75, 3.05) is 0 Å². The number of nitrogens with two attached hydrogens (primary N) is 1. The molecule has 0 bridgehead atoms. The van der Waals surface area contributed by atoms with E-state index in [1.165, 1.54) is 24.0 Å². The Morgan fingerprint density at radius 3 is 2.75 bits per heavy atom. The average Bonchev–Trinajstić information content (AvgIpc) is 2.75. The van der Waals surface area contributed by atoms with E-state index in [0.29, 0.717) is 0 Å². The van der Waals surface area contributed by atoms with Crippen molar-refractivity contribution in [3.05, 3.63) is 35.1 Å². The molecule has 2 heteroatoms. The lowest BCUT2D eigenvalue weighted by Gasteiger charge is -2.41. The smallest absolute Gasteiger partial charge is 0.123 e. The molecule has 1 atom stereocenters. The van der Waals surface area contributed by atoms with Crippen LogP contribution in [0.5, 0.6) is 0 Å². The molecule has 0 aliphatic heterocycles. The van der Waals surface area contributed by atoms with Gasteiger partial charge >= 0.3 is 0 Å². The zero-order valence-corrected chi connectivity index (χ0v) is 9.51. The first-order valence-corrected chi connectivity index (χ1v) is 6.27. The molecular weight excluding hydrogens is 201 g/mol. The van der Waals surface area contributed by atoms with Gasteiger partial charge < -0.3 is 5.73 Å². The highest BCUT2D eigenvalue weighted by atomic mass is 19.1. The van der Waals surface area contributed by atoms with Crippen LogP contribution in [0.2, 0.25) is 0 Å². The molecule has 16 heavy (non-hydrogen) atoms. The minimum atomic E-state index is -0.112. The van der Waals surface area contributed by atoms with E-state index in [4.69, 9.17) is 5.73 Å². The van der Waals surface area contributed by atoms with Crippen molar-refractivity contribution in [3.63, 3.8) is 0 Å². The van der Waals surface area contributed by atoms with Gasteiger partial charge in [0, 0.05) is 11.5 Å². The molecule has 0 amide bonds. The maximum Gasteiger partial charge on any atom is 0.123 e. The van der Waals surface area contributed by atoms with Crippen molar-refractivity contribution in [1.29, 1.82) is 0 Å². The second-order valence-corrected chi connectivity index (χ2v) is 5.31. The van der Waals surface area contributed by atoms with Crippen molar-refractivity contribution in [3.8, 4) is 0 Å². The van der Waals surface area contributed by atoms with Crippen LogP contribution >= 0.6 is 0 Å². The van der Waals surface area contributed by atoms with Gasteiger partial charge in [0.2, 0.25) is 0 Å². The summed E-state index contributed by atoms with van der Waals surface area (Å²) in [6.07, 6.45) is 6.83. The summed E-state index contributed by atoms with van der Waals surface area (Å²) in [6.45, 7) is 0. The van der Waals surface area contributed by atoms with Crippen LogP contribution in [0.1, 0.15) is 43.2 Å². The van der Waals surface area contributed by atoms with Crippen molar-refractivity contribution < 1.29 is 4.39 Å². The van der Waals surface area contributed by atoms with Gasteiger partial charge in [0.1, 0.15) is 5.82 Å². The molecule has 0 saturated heterocycles. The van der Waals surface area contributed by atoms with Gasteiger partial charge in [0.05, 0.1) is 0 Å². The summed E-state index contributed by atoms with van der Waals surface area (Å²) >= 11 is 0. The summed E-state index contributed by atoms with van der Waals surface area (Å²) in [4.78, 5) is 0. The molecule has 86 valence electrons. The Morgan fingerprint density at radius 1 is 1.25 bits per heavy atom. The number of benzene rings is 1. The van der Waals surface area contributed by atoms with Gasteiger partial charge in [0.25, 0.3) is 0 Å². The normalized spacial score (nSPS) is 27.0. The van der Waals surface area contributed by atoms with E-state index < -0.39 is 0 Å². The van der Waals surface area contributed by atoms with Gasteiger partial charge in [-0.05, 0) is 48.9 Å². The Hall–Kier alpha value is -0.890. The molecule has 3 rings (SSSR count). The quantitative estimate of drug-likeness (QED) is 0.713. The highest BCUT2D eigenvalue weighted by Crippen LogP contribution is 2.48. The van der Waals surface area contributed by atoms with E-state index in [0.717, 1.165) is 25.7 Å². The molecule has 2 aliphatic rings. The standard InChI is InChI=1S/C14H18FN/c15-11-5-3-10-4-6-13(16)14(12(10)9-11)7-1-2-8-14/h3,5,9,13H,1-2,4,6-8,16H2. The summed E-state index contributed by atoms with van der Waals surface area (Å²) in [6, 6.07) is 5.50. The van der Waals surface area contributed by atoms with Gasteiger partial charge in [-0.2, -0.15) is 0 Å². The summed E-state index contributed by atoms with van der Waals surface area (Å²) in [5.41, 5.74) is 8.95. The van der Waals surface area contributed by atoms with Crippen LogP contribution < -0.4 is 5.73 Å². The third-order valence-electron chi connectivity index (χ3n) is 4.54. The number of aryl methyl sites for hydroxylation is 1. The summed E-state index contributed by atoms with van der Waals surface area (Å²) in [5, 5.41) is 0. The van der Waals surface area contributed by atoms with Crippen LogP contribution in [0.4, 0.5) is 4.39 Å². The first-order chi connectivity index (χ1) is 7.72. The summed E-state index contributed by atoms with van der Waals surface area (Å²) in [5.74, 6) is -0.112. The van der Waals surface area contributed by atoms with Crippen molar-refractivity contribution >= 4 is 0 Å². The topological polar surface area (TPSA) is 26.0 Å². The fraction of sp³-hybridized carbons (Fsp3) is 0.571. The van der Waals surface area contributed by atoms with Gasteiger partial charge in [-0.3, -0.25) is 0 Å². The predicted molar refractivity (Wildman–Crippen MR) is 62.8 cm³/mol. The maximum absolute atomic E-state index is 13.4. The molecule has 2 aliphatic carbocycles. The fourth-order valence-corrected chi connectivity index (χ4v) is 3.66. The summed E-state index contributed by atoms with van der Waals surface area (Å²) in [7, 11) is 0. The first kappa shape index (κ1) is 10.3. The highest BCUT2D eigenvalue weighted by Gasteiger charge is 2.44. The second kappa shape index (κ2) is 3.56. The number of halogens is 1. The third kappa shape index (κ3) is 1.32. The van der Waals surface area contributed by atoms with Crippen LogP contribution in [0, 0.1) is 5.82 Å². The van der Waals surface area contributed by atoms with Crippen LogP contribution in [0.25, 0.3) is 0 Å². The number of hydrogen-bond donors (Lipinski definition) is 1. The largest absolute Gasteiger partial charge is 0.327 e. The van der Waals surface area contributed by atoms with E-state index in [2.05, 4.69) is 0 Å². The first-order valence-electron chi connectivity index (χ1n) is 6.27. The van der Waals surface area contributed by atoms with E-state index in [9.17, 15) is 4.39 Å². The summed E-state index contributed by atoms with van der Waals surface area (Å²) < 4.78 is 13.4. The lowest BCUT2D eigenvalue weighted by Crippen LogP contribution is -2.47. The number of rotatable bonds is 0. The Labute approximate surface area is 95.8 Å². The van der Waals surface area contributed by atoms with Crippen LogP contribution in [0.15, 0.2) is 18.2 Å².